The van der Waals surface area contributed by atoms with Crippen molar-refractivity contribution in [1.29, 1.82) is 0 Å². The molecule has 0 fully saturated rings. The quantitative estimate of drug-likeness (QED) is 0.694. The number of carbonyl (C=O) groups excluding carboxylic acids is 1. The zero-order chi connectivity index (χ0) is 18.4. The van der Waals surface area contributed by atoms with E-state index in [1.165, 1.54) is 0 Å². The summed E-state index contributed by atoms with van der Waals surface area (Å²) in [6.45, 7) is 0.601. The van der Waals surface area contributed by atoms with Crippen LogP contribution in [0.5, 0.6) is 5.75 Å². The highest BCUT2D eigenvalue weighted by molar-refractivity contribution is 5.92. The van der Waals surface area contributed by atoms with Gasteiger partial charge in [0.2, 0.25) is 5.82 Å². The minimum atomic E-state index is -0.232. The maximum Gasteiger partial charge on any atom is 0.269 e. The van der Waals surface area contributed by atoms with Gasteiger partial charge in [0.15, 0.2) is 0 Å². The zero-order valence-corrected chi connectivity index (χ0v) is 14.4. The van der Waals surface area contributed by atoms with Crippen molar-refractivity contribution in [2.24, 2.45) is 0 Å². The molecule has 26 heavy (non-hydrogen) atoms. The van der Waals surface area contributed by atoms with E-state index in [-0.39, 0.29) is 12.5 Å². The molecule has 0 saturated carbocycles. The summed E-state index contributed by atoms with van der Waals surface area (Å²) in [7, 11) is 3.13. The van der Waals surface area contributed by atoms with Crippen LogP contribution in [0.1, 0.15) is 21.9 Å². The molecule has 8 heteroatoms. The lowest BCUT2D eigenvalue weighted by atomic mass is 10.2. The van der Waals surface area contributed by atoms with Gasteiger partial charge in [-0.25, -0.2) is 0 Å². The van der Waals surface area contributed by atoms with Gasteiger partial charge in [-0.2, -0.15) is 4.98 Å². The summed E-state index contributed by atoms with van der Waals surface area (Å²) in [5.41, 5.74) is 2.02. The Bertz CT molecular complexity index is 877. The summed E-state index contributed by atoms with van der Waals surface area (Å²) in [5, 5.41) is 6.45. The average molecular weight is 354 g/mol. The second-order valence-corrected chi connectivity index (χ2v) is 5.39. The zero-order valence-electron chi connectivity index (χ0n) is 14.4. The third-order valence-electron chi connectivity index (χ3n) is 3.54. The number of aromatic nitrogens is 3. The lowest BCUT2D eigenvalue weighted by molar-refractivity contribution is 0.0958. The second kappa shape index (κ2) is 8.21. The minimum absolute atomic E-state index is 0.232. The van der Waals surface area contributed by atoms with Crippen LogP contribution >= 0.6 is 0 Å². The summed E-state index contributed by atoms with van der Waals surface area (Å²) in [4.78, 5) is 19.9. The molecule has 0 atom stereocenters. The number of hydrogen-bond acceptors (Lipinski definition) is 7. The Morgan fingerprint density at radius 1 is 1.19 bits per heavy atom. The van der Waals surface area contributed by atoms with Crippen molar-refractivity contribution in [2.45, 2.75) is 13.2 Å². The molecule has 3 aromatic rings. The Hall–Kier alpha value is -3.26. The number of methoxy groups -OCH3 is 1. The van der Waals surface area contributed by atoms with Crippen LogP contribution in [0.15, 0.2) is 47.1 Å². The molecule has 0 spiro atoms. The minimum Gasteiger partial charge on any atom is -0.489 e. The third-order valence-corrected chi connectivity index (χ3v) is 3.54. The fraction of sp³-hybridized carbons (Fsp3) is 0.222. The number of hydrogen-bond donors (Lipinski definition) is 1. The first-order chi connectivity index (χ1) is 12.7. The van der Waals surface area contributed by atoms with Crippen molar-refractivity contribution in [1.82, 2.24) is 20.4 Å². The number of rotatable bonds is 7. The van der Waals surface area contributed by atoms with E-state index in [0.29, 0.717) is 29.8 Å². The monoisotopic (exact) mass is 354 g/mol. The number of nitrogens with one attached hydrogen (secondary N) is 1. The van der Waals surface area contributed by atoms with Crippen LogP contribution in [-0.2, 0) is 18.0 Å². The summed E-state index contributed by atoms with van der Waals surface area (Å²) in [5.74, 6) is 1.37. The first kappa shape index (κ1) is 17.6. The highest BCUT2D eigenvalue weighted by Gasteiger charge is 2.09. The number of amides is 1. The van der Waals surface area contributed by atoms with Crippen molar-refractivity contribution >= 4 is 5.91 Å². The van der Waals surface area contributed by atoms with E-state index in [2.05, 4.69) is 20.4 Å². The standard InChI is InChI=1S/C18H18N4O4/c1-19-18(23)15-9-12(7-8-20-15)10-25-14-5-3-13(4-6-14)17-21-16(11-24-2)26-22-17/h3-9H,10-11H2,1-2H3,(H,19,23). The van der Waals surface area contributed by atoms with Crippen LogP contribution < -0.4 is 10.1 Å². The van der Waals surface area contributed by atoms with E-state index in [1.54, 1.807) is 32.5 Å². The number of benzene rings is 1. The first-order valence-electron chi connectivity index (χ1n) is 7.91. The smallest absolute Gasteiger partial charge is 0.269 e. The fourth-order valence-electron chi connectivity index (χ4n) is 2.24. The molecular weight excluding hydrogens is 336 g/mol. The number of carbonyl (C=O) groups is 1. The van der Waals surface area contributed by atoms with Gasteiger partial charge in [0.25, 0.3) is 11.8 Å². The molecular formula is C18H18N4O4. The molecule has 1 amide bonds. The van der Waals surface area contributed by atoms with E-state index in [0.717, 1.165) is 11.1 Å². The molecule has 0 radical (unpaired) electrons. The first-order valence-corrected chi connectivity index (χ1v) is 7.91. The van der Waals surface area contributed by atoms with Crippen LogP contribution in [0.3, 0.4) is 0 Å². The number of nitrogens with zero attached hydrogens (tertiary/aromatic N) is 3. The maximum atomic E-state index is 11.6. The van der Waals surface area contributed by atoms with Gasteiger partial charge in [0, 0.05) is 25.9 Å². The molecule has 1 N–H and O–H groups in total. The van der Waals surface area contributed by atoms with Crippen LogP contribution in [0, 0.1) is 0 Å². The number of pyridine rings is 1. The molecule has 0 saturated heterocycles. The molecule has 0 unspecified atom stereocenters. The van der Waals surface area contributed by atoms with Gasteiger partial charge in [-0.05, 0) is 42.0 Å². The molecule has 0 aliphatic carbocycles. The van der Waals surface area contributed by atoms with Crippen LogP contribution in [0.4, 0.5) is 0 Å². The van der Waals surface area contributed by atoms with Gasteiger partial charge in [-0.3, -0.25) is 9.78 Å². The molecule has 1 aromatic carbocycles. The highest BCUT2D eigenvalue weighted by Crippen LogP contribution is 2.21. The average Bonchev–Trinajstić information content (AvgIpc) is 3.15. The van der Waals surface area contributed by atoms with Crippen LogP contribution in [-0.4, -0.2) is 35.2 Å². The molecule has 2 heterocycles. The molecule has 0 aliphatic heterocycles. The summed E-state index contributed by atoms with van der Waals surface area (Å²) >= 11 is 0. The summed E-state index contributed by atoms with van der Waals surface area (Å²) in [6.07, 6.45) is 1.58. The van der Waals surface area contributed by atoms with Gasteiger partial charge >= 0.3 is 0 Å². The van der Waals surface area contributed by atoms with Gasteiger partial charge in [-0.1, -0.05) is 5.16 Å². The number of ether oxygens (including phenoxy) is 2. The van der Waals surface area contributed by atoms with Crippen molar-refractivity contribution < 1.29 is 18.8 Å². The molecule has 0 aliphatic rings. The molecule has 8 nitrogen and oxygen atoms in total. The third kappa shape index (κ3) is 4.22. The largest absolute Gasteiger partial charge is 0.489 e. The lowest BCUT2D eigenvalue weighted by Gasteiger charge is -2.07. The van der Waals surface area contributed by atoms with E-state index in [4.69, 9.17) is 14.0 Å². The topological polar surface area (TPSA) is 99.4 Å². The summed E-state index contributed by atoms with van der Waals surface area (Å²) in [6, 6.07) is 10.8. The second-order valence-electron chi connectivity index (χ2n) is 5.39. The predicted octanol–water partition coefficient (Wildman–Crippen LogP) is 2.22. The Morgan fingerprint density at radius 2 is 2.00 bits per heavy atom. The van der Waals surface area contributed by atoms with Crippen molar-refractivity contribution in [3.63, 3.8) is 0 Å². The maximum absolute atomic E-state index is 11.6. The Morgan fingerprint density at radius 3 is 2.73 bits per heavy atom. The van der Waals surface area contributed by atoms with E-state index < -0.39 is 0 Å². The van der Waals surface area contributed by atoms with Gasteiger partial charge in [0.05, 0.1) is 0 Å². The van der Waals surface area contributed by atoms with E-state index >= 15 is 0 Å². The van der Waals surface area contributed by atoms with Crippen LogP contribution in [0.25, 0.3) is 11.4 Å². The van der Waals surface area contributed by atoms with Gasteiger partial charge in [0.1, 0.15) is 24.7 Å². The van der Waals surface area contributed by atoms with Gasteiger partial charge in [-0.15, -0.1) is 0 Å². The molecule has 2 aromatic heterocycles. The van der Waals surface area contributed by atoms with E-state index in [1.807, 2.05) is 24.3 Å². The van der Waals surface area contributed by atoms with E-state index in [9.17, 15) is 4.79 Å². The predicted molar refractivity (Wildman–Crippen MR) is 92.4 cm³/mol. The van der Waals surface area contributed by atoms with Crippen molar-refractivity contribution in [3.05, 3.63) is 59.7 Å². The van der Waals surface area contributed by atoms with Crippen molar-refractivity contribution in [3.8, 4) is 17.1 Å². The summed E-state index contributed by atoms with van der Waals surface area (Å²) < 4.78 is 15.8. The molecule has 134 valence electrons. The normalized spacial score (nSPS) is 10.5. The Balaban J connectivity index is 1.63. The molecule has 0 bridgehead atoms. The Labute approximate surface area is 150 Å². The Kier molecular flexibility index (Phi) is 5.55. The van der Waals surface area contributed by atoms with Crippen LogP contribution in [0.2, 0.25) is 0 Å². The van der Waals surface area contributed by atoms with Gasteiger partial charge < -0.3 is 19.3 Å². The SMILES string of the molecule is CNC(=O)c1cc(COc2ccc(-c3noc(COC)n3)cc2)ccn1. The highest BCUT2D eigenvalue weighted by atomic mass is 16.5. The lowest BCUT2D eigenvalue weighted by Crippen LogP contribution is -2.19. The molecule has 3 rings (SSSR count). The fourth-order valence-corrected chi connectivity index (χ4v) is 2.24. The van der Waals surface area contributed by atoms with Crippen molar-refractivity contribution in [2.75, 3.05) is 14.2 Å².